The Hall–Kier alpha value is -3.25. The summed E-state index contributed by atoms with van der Waals surface area (Å²) in [5.74, 6) is -2.11. The number of carboxylic acid groups (broad SMARTS) is 1. The van der Waals surface area contributed by atoms with Crippen LogP contribution in [0.15, 0.2) is 41.7 Å². The van der Waals surface area contributed by atoms with E-state index in [2.05, 4.69) is 25.3 Å². The van der Waals surface area contributed by atoms with Gasteiger partial charge in [0.05, 0.1) is 11.2 Å². The van der Waals surface area contributed by atoms with Crippen molar-refractivity contribution in [3.8, 4) is 0 Å². The third-order valence-corrected chi connectivity index (χ3v) is 5.22. The Morgan fingerprint density at radius 1 is 1.21 bits per heavy atom. The zero-order chi connectivity index (χ0) is 21.4. The number of anilines is 1. The van der Waals surface area contributed by atoms with Crippen molar-refractivity contribution < 1.29 is 27.9 Å². The van der Waals surface area contributed by atoms with E-state index in [-0.39, 0.29) is 30.2 Å². The molecule has 29 heavy (non-hydrogen) atoms. The number of H-pyrrole nitrogens is 1. The first kappa shape index (κ1) is 22.0. The molecule has 0 spiro atoms. The molecule has 12 heteroatoms. The van der Waals surface area contributed by atoms with Gasteiger partial charge in [0.2, 0.25) is 21.8 Å². The molecule has 0 unspecified atom stereocenters. The third-order valence-electron chi connectivity index (χ3n) is 3.74. The summed E-state index contributed by atoms with van der Waals surface area (Å²) in [4.78, 5) is 40.8. The summed E-state index contributed by atoms with van der Waals surface area (Å²) in [5.41, 5.74) is 0.994. The highest BCUT2D eigenvalue weighted by molar-refractivity contribution is 7.89. The predicted octanol–water partition coefficient (Wildman–Crippen LogP) is -0.151. The highest BCUT2D eigenvalue weighted by Crippen LogP contribution is 2.13. The topological polar surface area (TPSA) is 170 Å². The molecule has 0 aliphatic heterocycles. The molecule has 1 aromatic carbocycles. The molecule has 5 N–H and O–H groups in total. The van der Waals surface area contributed by atoms with Crippen molar-refractivity contribution in [2.75, 3.05) is 11.9 Å². The lowest BCUT2D eigenvalue weighted by Crippen LogP contribution is -2.43. The van der Waals surface area contributed by atoms with Crippen LogP contribution in [0.2, 0.25) is 0 Å². The maximum atomic E-state index is 12.3. The second-order valence-electron chi connectivity index (χ2n) is 6.09. The summed E-state index contributed by atoms with van der Waals surface area (Å²) in [6.07, 6.45) is 2.63. The number of nitrogens with one attached hydrogen (secondary N) is 4. The highest BCUT2D eigenvalue weighted by atomic mass is 32.2. The van der Waals surface area contributed by atoms with E-state index in [9.17, 15) is 27.9 Å². The van der Waals surface area contributed by atoms with Gasteiger partial charge < -0.3 is 20.7 Å². The SMILES string of the molecule is CC(=O)Nc1ccc(S(=O)(=O)NCCC(=O)N[C@H](Cc2cnc[nH]2)C(=O)O)cc1. The lowest BCUT2D eigenvalue weighted by Gasteiger charge is -2.14. The number of sulfonamides is 1. The van der Waals surface area contributed by atoms with Crippen LogP contribution in [0.3, 0.4) is 0 Å². The van der Waals surface area contributed by atoms with Crippen LogP contribution < -0.4 is 15.4 Å². The molecule has 0 aliphatic carbocycles. The Morgan fingerprint density at radius 2 is 1.90 bits per heavy atom. The van der Waals surface area contributed by atoms with Crippen molar-refractivity contribution in [2.45, 2.75) is 30.7 Å². The fraction of sp³-hybridized carbons (Fsp3) is 0.294. The zero-order valence-electron chi connectivity index (χ0n) is 15.5. The van der Waals surface area contributed by atoms with Gasteiger partial charge in [0.15, 0.2) is 0 Å². The first-order chi connectivity index (χ1) is 13.7. The molecule has 0 aliphatic rings. The van der Waals surface area contributed by atoms with Crippen molar-refractivity contribution in [3.63, 3.8) is 0 Å². The molecule has 0 radical (unpaired) electrons. The van der Waals surface area contributed by atoms with E-state index in [0.717, 1.165) is 0 Å². The van der Waals surface area contributed by atoms with Crippen molar-refractivity contribution in [3.05, 3.63) is 42.5 Å². The molecule has 2 amide bonds. The fourth-order valence-electron chi connectivity index (χ4n) is 2.39. The van der Waals surface area contributed by atoms with E-state index in [0.29, 0.717) is 11.4 Å². The van der Waals surface area contributed by atoms with Gasteiger partial charge in [-0.1, -0.05) is 0 Å². The third kappa shape index (κ3) is 7.01. The smallest absolute Gasteiger partial charge is 0.326 e. The van der Waals surface area contributed by atoms with Crippen molar-refractivity contribution in [2.24, 2.45) is 0 Å². The first-order valence-corrected chi connectivity index (χ1v) is 10.0. The number of carbonyl (C=O) groups is 3. The summed E-state index contributed by atoms with van der Waals surface area (Å²) < 4.78 is 26.8. The Morgan fingerprint density at radius 3 is 2.45 bits per heavy atom. The number of aromatic nitrogens is 2. The van der Waals surface area contributed by atoms with Gasteiger partial charge in [-0.05, 0) is 24.3 Å². The molecule has 2 rings (SSSR count). The lowest BCUT2D eigenvalue weighted by molar-refractivity contribution is -0.141. The number of hydrogen-bond acceptors (Lipinski definition) is 6. The van der Waals surface area contributed by atoms with Gasteiger partial charge in [-0.15, -0.1) is 0 Å². The average Bonchev–Trinajstić information content (AvgIpc) is 3.14. The van der Waals surface area contributed by atoms with Gasteiger partial charge in [0.1, 0.15) is 6.04 Å². The largest absolute Gasteiger partial charge is 0.480 e. The van der Waals surface area contributed by atoms with Gasteiger partial charge >= 0.3 is 5.97 Å². The van der Waals surface area contributed by atoms with Gasteiger partial charge in [-0.3, -0.25) is 9.59 Å². The summed E-state index contributed by atoms with van der Waals surface area (Å²) >= 11 is 0. The van der Waals surface area contributed by atoms with Crippen LogP contribution in [-0.4, -0.2) is 53.9 Å². The summed E-state index contributed by atoms with van der Waals surface area (Å²) in [5, 5.41) is 14.1. The summed E-state index contributed by atoms with van der Waals surface area (Å²) in [6, 6.07) is 4.35. The average molecular weight is 423 g/mol. The molecule has 1 atom stereocenters. The van der Waals surface area contributed by atoms with E-state index >= 15 is 0 Å². The molecular formula is C17H21N5O6S. The molecule has 0 fully saturated rings. The maximum Gasteiger partial charge on any atom is 0.326 e. The number of carboxylic acids is 1. The molecule has 2 aromatic rings. The van der Waals surface area contributed by atoms with Crippen LogP contribution in [0.1, 0.15) is 19.0 Å². The molecule has 156 valence electrons. The van der Waals surface area contributed by atoms with E-state index in [1.165, 1.54) is 43.7 Å². The van der Waals surface area contributed by atoms with E-state index in [1.54, 1.807) is 0 Å². The van der Waals surface area contributed by atoms with Gasteiger partial charge in [-0.2, -0.15) is 0 Å². The molecule has 11 nitrogen and oxygen atoms in total. The standard InChI is InChI=1S/C17H21N5O6S/c1-11(23)21-12-2-4-14(5-3-12)29(27,28)20-7-6-16(24)22-15(17(25)26)8-13-9-18-10-19-13/h2-5,9-10,15,20H,6-8H2,1H3,(H,18,19)(H,21,23)(H,22,24)(H,25,26)/t15-/m1/s1. The van der Waals surface area contributed by atoms with Crippen LogP contribution in [0.4, 0.5) is 5.69 Å². The number of hydrogen-bond donors (Lipinski definition) is 5. The highest BCUT2D eigenvalue weighted by Gasteiger charge is 2.21. The summed E-state index contributed by atoms with van der Waals surface area (Å²) in [6.45, 7) is 1.12. The number of carbonyl (C=O) groups excluding carboxylic acids is 2. The Kier molecular flexibility index (Phi) is 7.45. The van der Waals surface area contributed by atoms with Gasteiger partial charge in [0, 0.05) is 43.9 Å². The molecule has 1 aromatic heterocycles. The van der Waals surface area contributed by atoms with E-state index in [1.807, 2.05) is 0 Å². The number of nitrogens with zero attached hydrogens (tertiary/aromatic N) is 1. The molecule has 0 saturated heterocycles. The molecule has 1 heterocycles. The monoisotopic (exact) mass is 423 g/mol. The molecule has 0 bridgehead atoms. The van der Waals surface area contributed by atoms with Crippen molar-refractivity contribution in [1.29, 1.82) is 0 Å². The predicted molar refractivity (Wildman–Crippen MR) is 102 cm³/mol. The minimum absolute atomic E-state index is 0.0213. The second kappa shape index (κ2) is 9.80. The second-order valence-corrected chi connectivity index (χ2v) is 7.86. The van der Waals surface area contributed by atoms with Crippen LogP contribution in [0.5, 0.6) is 0 Å². The van der Waals surface area contributed by atoms with Crippen molar-refractivity contribution in [1.82, 2.24) is 20.0 Å². The number of benzene rings is 1. The van der Waals surface area contributed by atoms with Gasteiger partial charge in [0.25, 0.3) is 0 Å². The van der Waals surface area contributed by atoms with Crippen LogP contribution in [0.25, 0.3) is 0 Å². The van der Waals surface area contributed by atoms with Crippen LogP contribution in [-0.2, 0) is 30.8 Å². The Balaban J connectivity index is 1.86. The number of rotatable bonds is 10. The minimum Gasteiger partial charge on any atom is -0.480 e. The molecule has 0 saturated carbocycles. The van der Waals surface area contributed by atoms with Crippen LogP contribution in [0, 0.1) is 0 Å². The van der Waals surface area contributed by atoms with E-state index in [4.69, 9.17) is 0 Å². The Bertz CT molecular complexity index is 957. The summed E-state index contributed by atoms with van der Waals surface area (Å²) in [7, 11) is -3.86. The maximum absolute atomic E-state index is 12.3. The zero-order valence-corrected chi connectivity index (χ0v) is 16.3. The molecular weight excluding hydrogens is 402 g/mol. The quantitative estimate of drug-likeness (QED) is 0.354. The number of aromatic amines is 1. The lowest BCUT2D eigenvalue weighted by atomic mass is 10.1. The number of amides is 2. The fourth-order valence-corrected chi connectivity index (χ4v) is 3.42. The first-order valence-electron chi connectivity index (χ1n) is 8.54. The minimum atomic E-state index is -3.86. The van der Waals surface area contributed by atoms with Gasteiger partial charge in [-0.25, -0.2) is 22.9 Å². The number of imidazole rings is 1. The Labute approximate surface area is 167 Å². The van der Waals surface area contributed by atoms with Crippen LogP contribution >= 0.6 is 0 Å². The van der Waals surface area contributed by atoms with Crippen molar-refractivity contribution >= 4 is 33.5 Å². The van der Waals surface area contributed by atoms with E-state index < -0.39 is 27.9 Å². The normalized spacial score (nSPS) is 12.2. The number of aliphatic carboxylic acids is 1.